The van der Waals surface area contributed by atoms with Crippen LogP contribution in [0.4, 0.5) is 8.78 Å². The Morgan fingerprint density at radius 1 is 1.13 bits per heavy atom. The minimum Gasteiger partial charge on any atom is -0.389 e. The van der Waals surface area contributed by atoms with Crippen LogP contribution >= 0.6 is 12.2 Å². The molecule has 116 valence electrons. The third-order valence-electron chi connectivity index (χ3n) is 3.52. The molecule has 1 heterocycles. The number of imidazole rings is 1. The lowest BCUT2D eigenvalue weighted by Gasteiger charge is -2.12. The first-order valence-electron chi connectivity index (χ1n) is 6.90. The highest BCUT2D eigenvalue weighted by Gasteiger charge is 2.12. The number of thiocarbonyl (C=S) groups is 1. The fourth-order valence-electron chi connectivity index (χ4n) is 2.41. The van der Waals surface area contributed by atoms with Crippen molar-refractivity contribution in [2.45, 2.75) is 6.54 Å². The van der Waals surface area contributed by atoms with E-state index in [1.807, 2.05) is 28.8 Å². The molecule has 2 aromatic carbocycles. The van der Waals surface area contributed by atoms with E-state index < -0.39 is 11.6 Å². The highest BCUT2D eigenvalue weighted by Crippen LogP contribution is 2.22. The monoisotopic (exact) mass is 329 g/mol. The largest absolute Gasteiger partial charge is 0.389 e. The number of hydrogen-bond acceptors (Lipinski definition) is 2. The topological polar surface area (TPSA) is 43.8 Å². The highest BCUT2D eigenvalue weighted by molar-refractivity contribution is 7.80. The van der Waals surface area contributed by atoms with Gasteiger partial charge >= 0.3 is 0 Å². The van der Waals surface area contributed by atoms with Crippen LogP contribution in [-0.2, 0) is 6.54 Å². The van der Waals surface area contributed by atoms with Crippen molar-refractivity contribution in [3.63, 3.8) is 0 Å². The van der Waals surface area contributed by atoms with Gasteiger partial charge in [-0.3, -0.25) is 0 Å². The standard InChI is InChI=1S/C17H13F2N3S/c18-14-6-5-11(9-15(14)19)17-21-7-8-22(17)10-12-3-1-2-4-13(12)16(20)23/h1-9H,10H2,(H2,20,23). The summed E-state index contributed by atoms with van der Waals surface area (Å²) in [5.74, 6) is -1.24. The molecule has 0 spiro atoms. The Hall–Kier alpha value is -2.60. The second-order valence-electron chi connectivity index (χ2n) is 5.03. The first kappa shape index (κ1) is 15.3. The van der Waals surface area contributed by atoms with E-state index in [9.17, 15) is 8.78 Å². The average Bonchev–Trinajstić information content (AvgIpc) is 2.98. The van der Waals surface area contributed by atoms with Gasteiger partial charge in [0, 0.05) is 30.1 Å². The number of nitrogens with zero attached hydrogens (tertiary/aromatic N) is 2. The molecule has 6 heteroatoms. The maximum Gasteiger partial charge on any atom is 0.159 e. The van der Waals surface area contributed by atoms with Gasteiger partial charge in [0.05, 0.1) is 0 Å². The normalized spacial score (nSPS) is 10.7. The van der Waals surface area contributed by atoms with Gasteiger partial charge < -0.3 is 10.3 Å². The molecule has 0 amide bonds. The Bertz CT molecular complexity index is 874. The van der Waals surface area contributed by atoms with Crippen LogP contribution in [0.3, 0.4) is 0 Å². The molecule has 1 aromatic heterocycles. The van der Waals surface area contributed by atoms with Gasteiger partial charge in [-0.1, -0.05) is 36.5 Å². The van der Waals surface area contributed by atoms with Crippen LogP contribution in [0.15, 0.2) is 54.9 Å². The molecule has 23 heavy (non-hydrogen) atoms. The van der Waals surface area contributed by atoms with Crippen LogP contribution in [-0.4, -0.2) is 14.5 Å². The molecule has 3 aromatic rings. The van der Waals surface area contributed by atoms with Crippen molar-refractivity contribution in [3.8, 4) is 11.4 Å². The van der Waals surface area contributed by atoms with Gasteiger partial charge in [0.15, 0.2) is 11.6 Å². The Morgan fingerprint density at radius 3 is 2.65 bits per heavy atom. The van der Waals surface area contributed by atoms with Gasteiger partial charge in [-0.15, -0.1) is 0 Å². The van der Waals surface area contributed by atoms with E-state index in [1.165, 1.54) is 6.07 Å². The molecule has 0 aliphatic rings. The Balaban J connectivity index is 1.99. The maximum atomic E-state index is 13.5. The minimum absolute atomic E-state index is 0.315. The molecule has 3 nitrogen and oxygen atoms in total. The summed E-state index contributed by atoms with van der Waals surface area (Å²) in [6, 6.07) is 11.2. The molecular formula is C17H13F2N3S. The number of nitrogens with two attached hydrogens (primary N) is 1. The van der Waals surface area contributed by atoms with Crippen LogP contribution in [0.25, 0.3) is 11.4 Å². The molecular weight excluding hydrogens is 316 g/mol. The number of halogens is 2. The van der Waals surface area contributed by atoms with Crippen molar-refractivity contribution in [2.24, 2.45) is 5.73 Å². The molecule has 0 saturated carbocycles. The van der Waals surface area contributed by atoms with Gasteiger partial charge in [0.2, 0.25) is 0 Å². The molecule has 0 atom stereocenters. The van der Waals surface area contributed by atoms with Gasteiger partial charge in [-0.2, -0.15) is 0 Å². The highest BCUT2D eigenvalue weighted by atomic mass is 32.1. The van der Waals surface area contributed by atoms with Crippen molar-refractivity contribution in [1.29, 1.82) is 0 Å². The van der Waals surface area contributed by atoms with E-state index in [0.29, 0.717) is 22.9 Å². The summed E-state index contributed by atoms with van der Waals surface area (Å²) < 4.78 is 28.4. The lowest BCUT2D eigenvalue weighted by atomic mass is 10.1. The summed E-state index contributed by atoms with van der Waals surface area (Å²) in [7, 11) is 0. The number of hydrogen-bond donors (Lipinski definition) is 1. The van der Waals surface area contributed by atoms with E-state index in [2.05, 4.69) is 4.98 Å². The van der Waals surface area contributed by atoms with Crippen LogP contribution in [0.5, 0.6) is 0 Å². The fourth-order valence-corrected chi connectivity index (χ4v) is 2.61. The van der Waals surface area contributed by atoms with E-state index in [4.69, 9.17) is 18.0 Å². The molecule has 0 unspecified atom stereocenters. The lowest BCUT2D eigenvalue weighted by Crippen LogP contribution is -2.14. The molecule has 0 aliphatic carbocycles. The summed E-state index contributed by atoms with van der Waals surface area (Å²) in [6.07, 6.45) is 3.38. The smallest absolute Gasteiger partial charge is 0.159 e. The SMILES string of the molecule is NC(=S)c1ccccc1Cn1ccnc1-c1ccc(F)c(F)c1. The quantitative estimate of drug-likeness (QED) is 0.745. The van der Waals surface area contributed by atoms with E-state index in [-0.39, 0.29) is 0 Å². The third kappa shape index (κ3) is 3.12. The molecule has 0 fully saturated rings. The van der Waals surface area contributed by atoms with Crippen LogP contribution in [0.1, 0.15) is 11.1 Å². The lowest BCUT2D eigenvalue weighted by molar-refractivity contribution is 0.509. The first-order chi connectivity index (χ1) is 11.1. The van der Waals surface area contributed by atoms with Crippen LogP contribution in [0, 0.1) is 11.6 Å². The summed E-state index contributed by atoms with van der Waals surface area (Å²) in [5.41, 5.74) is 7.96. The second kappa shape index (κ2) is 6.26. The predicted octanol–water partition coefficient (Wildman–Crippen LogP) is 3.51. The summed E-state index contributed by atoms with van der Waals surface area (Å²) >= 11 is 5.06. The van der Waals surface area contributed by atoms with Crippen molar-refractivity contribution in [2.75, 3.05) is 0 Å². The zero-order valence-electron chi connectivity index (χ0n) is 12.0. The zero-order valence-corrected chi connectivity index (χ0v) is 12.9. The van der Waals surface area contributed by atoms with Crippen molar-refractivity contribution in [1.82, 2.24) is 9.55 Å². The summed E-state index contributed by atoms with van der Waals surface area (Å²) in [6.45, 7) is 0.474. The van der Waals surface area contributed by atoms with E-state index >= 15 is 0 Å². The van der Waals surface area contributed by atoms with Crippen LogP contribution < -0.4 is 5.73 Å². The molecule has 3 rings (SSSR count). The molecule has 0 aliphatic heterocycles. The third-order valence-corrected chi connectivity index (χ3v) is 3.74. The second-order valence-corrected chi connectivity index (χ2v) is 5.47. The number of aromatic nitrogens is 2. The van der Waals surface area contributed by atoms with Crippen molar-refractivity contribution >= 4 is 17.2 Å². The van der Waals surface area contributed by atoms with Gasteiger partial charge in [0.25, 0.3) is 0 Å². The Kier molecular flexibility index (Phi) is 4.16. The predicted molar refractivity (Wildman–Crippen MR) is 89.0 cm³/mol. The first-order valence-corrected chi connectivity index (χ1v) is 7.31. The molecule has 2 N–H and O–H groups in total. The minimum atomic E-state index is -0.902. The van der Waals surface area contributed by atoms with Gasteiger partial charge in [-0.05, 0) is 23.8 Å². The average molecular weight is 329 g/mol. The molecule has 0 bridgehead atoms. The van der Waals surface area contributed by atoms with Crippen molar-refractivity contribution < 1.29 is 8.78 Å². The van der Waals surface area contributed by atoms with E-state index in [0.717, 1.165) is 23.3 Å². The Morgan fingerprint density at radius 2 is 1.91 bits per heavy atom. The molecule has 0 saturated heterocycles. The van der Waals surface area contributed by atoms with Crippen molar-refractivity contribution in [3.05, 3.63) is 77.6 Å². The molecule has 0 radical (unpaired) electrons. The number of benzene rings is 2. The maximum absolute atomic E-state index is 13.5. The number of rotatable bonds is 4. The van der Waals surface area contributed by atoms with E-state index in [1.54, 1.807) is 12.4 Å². The fraction of sp³-hybridized carbons (Fsp3) is 0.0588. The van der Waals surface area contributed by atoms with Gasteiger partial charge in [0.1, 0.15) is 10.8 Å². The summed E-state index contributed by atoms with van der Waals surface area (Å²) in [5, 5.41) is 0. The van der Waals surface area contributed by atoms with Gasteiger partial charge in [-0.25, -0.2) is 13.8 Å². The van der Waals surface area contributed by atoms with Crippen LogP contribution in [0.2, 0.25) is 0 Å². The summed E-state index contributed by atoms with van der Waals surface area (Å²) in [4.78, 5) is 4.55. The Labute approximate surface area is 137 Å². The zero-order chi connectivity index (χ0) is 16.4.